The number of fused-ring (bicyclic) bond motifs is 6. The van der Waals surface area contributed by atoms with Gasteiger partial charge in [0, 0.05) is 52.5 Å². The minimum absolute atomic E-state index is 0.0161. The second-order valence-electron chi connectivity index (χ2n) is 13.8. The Balaban J connectivity index is 0.000000193. The summed E-state index contributed by atoms with van der Waals surface area (Å²) >= 11 is 11.9. The Morgan fingerprint density at radius 3 is 1.83 bits per heavy atom. The van der Waals surface area contributed by atoms with Gasteiger partial charge in [-0.05, 0) is 63.9 Å². The first kappa shape index (κ1) is 39.2. The van der Waals surface area contributed by atoms with Gasteiger partial charge in [0.25, 0.3) is 0 Å². The summed E-state index contributed by atoms with van der Waals surface area (Å²) in [6, 6.07) is 20.2. The standard InChI is InChI=1S/C22H22Cl2N4O2S.C17H23N5O/c1-2-19-27-20-21(17-7-3-4-8-18(17)26-22(20)25)28(19)9-5-6-10-31(29,30)16-12-14(23)11-15(24)13-16;1-4-23-9-13-21-14-15(22(13)10-17(2,3)19)11-7-5-6-8-12(11)20-16(14)18/h3-4,7-8,11-13H,2,5-6,9-10H2,1H3,(H2,25,26);5-8H,4,9-10,19H2,1-3H3,(H2,18,20). The van der Waals surface area contributed by atoms with E-state index in [-0.39, 0.29) is 16.2 Å². The van der Waals surface area contributed by atoms with Crippen molar-refractivity contribution >= 4 is 88.5 Å². The van der Waals surface area contributed by atoms with Crippen LogP contribution in [0.15, 0.2) is 71.6 Å². The lowest BCUT2D eigenvalue weighted by Gasteiger charge is -2.21. The van der Waals surface area contributed by atoms with Crippen LogP contribution in [-0.2, 0) is 40.7 Å². The first-order chi connectivity index (χ1) is 25.7. The van der Waals surface area contributed by atoms with Crippen molar-refractivity contribution in [3.8, 4) is 0 Å². The van der Waals surface area contributed by atoms with Crippen molar-refractivity contribution in [1.82, 2.24) is 29.1 Å². The minimum Gasteiger partial charge on any atom is -0.382 e. The topological polar surface area (TPSA) is 183 Å². The zero-order valence-corrected chi connectivity index (χ0v) is 33.1. The van der Waals surface area contributed by atoms with Crippen molar-refractivity contribution in [2.45, 2.75) is 77.1 Å². The number of pyridine rings is 2. The van der Waals surface area contributed by atoms with Crippen molar-refractivity contribution in [3.05, 3.63) is 88.4 Å². The molecule has 6 N–H and O–H groups in total. The molecule has 3 aromatic carbocycles. The molecular formula is C39H45Cl2N9O3S. The average molecular weight is 791 g/mol. The number of hydrogen-bond donors (Lipinski definition) is 3. The van der Waals surface area contributed by atoms with Crippen LogP contribution in [-0.4, -0.2) is 55.4 Å². The Hall–Kier alpha value is -4.53. The highest BCUT2D eigenvalue weighted by atomic mass is 35.5. The Kier molecular flexibility index (Phi) is 11.6. The molecule has 0 fully saturated rings. The molecule has 0 saturated heterocycles. The molecule has 15 heteroatoms. The fraction of sp³-hybridized carbons (Fsp3) is 0.333. The van der Waals surface area contributed by atoms with Gasteiger partial charge in [0.1, 0.15) is 29.3 Å². The van der Waals surface area contributed by atoms with E-state index < -0.39 is 9.84 Å². The Bertz CT molecular complexity index is 2560. The Morgan fingerprint density at radius 1 is 0.759 bits per heavy atom. The van der Waals surface area contributed by atoms with Crippen LogP contribution in [0.2, 0.25) is 10.0 Å². The third-order valence-electron chi connectivity index (χ3n) is 8.94. The van der Waals surface area contributed by atoms with E-state index in [0.717, 1.165) is 50.9 Å². The molecule has 0 aliphatic rings. The molecule has 0 unspecified atom stereocenters. The Morgan fingerprint density at radius 2 is 1.30 bits per heavy atom. The van der Waals surface area contributed by atoms with Crippen LogP contribution in [0, 0.1) is 0 Å². The van der Waals surface area contributed by atoms with Crippen molar-refractivity contribution in [1.29, 1.82) is 0 Å². The Labute approximate surface area is 324 Å². The number of halogens is 2. The average Bonchev–Trinajstić information content (AvgIpc) is 3.67. The van der Waals surface area contributed by atoms with Crippen LogP contribution >= 0.6 is 23.2 Å². The number of hydrogen-bond acceptors (Lipinski definition) is 10. The van der Waals surface area contributed by atoms with Gasteiger partial charge < -0.3 is 31.1 Å². The lowest BCUT2D eigenvalue weighted by molar-refractivity contribution is 0.125. The van der Waals surface area contributed by atoms with Crippen LogP contribution in [0.25, 0.3) is 43.9 Å². The lowest BCUT2D eigenvalue weighted by atomic mass is 10.1. The molecule has 7 aromatic rings. The zero-order valence-electron chi connectivity index (χ0n) is 30.8. The van der Waals surface area contributed by atoms with Crippen molar-refractivity contribution in [2.24, 2.45) is 5.73 Å². The molecule has 0 saturated carbocycles. The molecular weight excluding hydrogens is 745 g/mol. The number of imidazole rings is 2. The summed E-state index contributed by atoms with van der Waals surface area (Å²) in [6.07, 6.45) is 1.90. The van der Waals surface area contributed by atoms with Crippen LogP contribution in [0.1, 0.15) is 52.2 Å². The number of aromatic nitrogens is 6. The van der Waals surface area contributed by atoms with Gasteiger partial charge in [0.05, 0.1) is 32.7 Å². The van der Waals surface area contributed by atoms with E-state index in [0.29, 0.717) is 71.9 Å². The van der Waals surface area contributed by atoms with Crippen molar-refractivity contribution in [3.63, 3.8) is 0 Å². The molecule has 12 nitrogen and oxygen atoms in total. The third kappa shape index (κ3) is 8.40. The zero-order chi connectivity index (χ0) is 38.8. The largest absolute Gasteiger partial charge is 0.382 e. The number of unbranched alkanes of at least 4 members (excludes halogenated alkanes) is 1. The maximum Gasteiger partial charge on any atom is 0.178 e. The molecule has 4 aromatic heterocycles. The van der Waals surface area contributed by atoms with Gasteiger partial charge in [-0.15, -0.1) is 0 Å². The highest BCUT2D eigenvalue weighted by Gasteiger charge is 2.22. The number of benzene rings is 3. The molecule has 0 aliphatic heterocycles. The number of anilines is 2. The van der Waals surface area contributed by atoms with Gasteiger partial charge in [0.15, 0.2) is 21.5 Å². The fourth-order valence-corrected chi connectivity index (χ4v) is 8.68. The number of ether oxygens (including phenoxy) is 1. The summed E-state index contributed by atoms with van der Waals surface area (Å²) < 4.78 is 35.2. The first-order valence-corrected chi connectivity index (χ1v) is 20.2. The summed E-state index contributed by atoms with van der Waals surface area (Å²) in [4.78, 5) is 18.5. The molecule has 0 radical (unpaired) electrons. The molecule has 54 heavy (non-hydrogen) atoms. The second-order valence-corrected chi connectivity index (χ2v) is 16.8. The number of sulfone groups is 1. The lowest BCUT2D eigenvalue weighted by Crippen LogP contribution is -2.37. The third-order valence-corrected chi connectivity index (χ3v) is 11.2. The van der Waals surface area contributed by atoms with Crippen LogP contribution in [0.5, 0.6) is 0 Å². The maximum absolute atomic E-state index is 12.7. The number of nitrogens with two attached hydrogens (primary N) is 3. The SMILES string of the molecule is CCOCc1nc2c(N)nc3ccccc3c2n1CC(C)(C)N.CCc1nc2c(N)nc3ccccc3c2n1CCCCS(=O)(=O)c1cc(Cl)cc(Cl)c1. The number of rotatable bonds is 12. The van der Waals surface area contributed by atoms with Gasteiger partial charge in [-0.2, -0.15) is 0 Å². The van der Waals surface area contributed by atoms with Crippen molar-refractivity contribution < 1.29 is 13.2 Å². The molecule has 0 bridgehead atoms. The van der Waals surface area contributed by atoms with Gasteiger partial charge in [-0.1, -0.05) is 66.5 Å². The molecule has 0 spiro atoms. The second kappa shape index (κ2) is 16.1. The van der Waals surface area contributed by atoms with Gasteiger partial charge in [0.2, 0.25) is 0 Å². The van der Waals surface area contributed by atoms with Crippen molar-refractivity contribution in [2.75, 3.05) is 23.8 Å². The minimum atomic E-state index is -3.47. The normalized spacial score (nSPS) is 12.2. The number of aryl methyl sites for hydroxylation is 2. The van der Waals surface area contributed by atoms with E-state index in [1.54, 1.807) is 0 Å². The predicted molar refractivity (Wildman–Crippen MR) is 220 cm³/mol. The summed E-state index contributed by atoms with van der Waals surface area (Å²) in [6.45, 7) is 10.3. The first-order valence-electron chi connectivity index (χ1n) is 17.8. The molecule has 7 rings (SSSR count). The molecule has 0 aliphatic carbocycles. The van der Waals surface area contributed by atoms with E-state index >= 15 is 0 Å². The summed E-state index contributed by atoms with van der Waals surface area (Å²) in [7, 11) is -3.47. The van der Waals surface area contributed by atoms with E-state index in [1.165, 1.54) is 18.2 Å². The van der Waals surface area contributed by atoms with E-state index in [2.05, 4.69) is 24.1 Å². The molecule has 0 atom stereocenters. The van der Waals surface area contributed by atoms with Crippen LogP contribution in [0.3, 0.4) is 0 Å². The summed E-state index contributed by atoms with van der Waals surface area (Å²) in [5, 5.41) is 2.62. The van der Waals surface area contributed by atoms with Gasteiger partial charge in [-0.25, -0.2) is 28.4 Å². The van der Waals surface area contributed by atoms with Crippen LogP contribution in [0.4, 0.5) is 11.6 Å². The number of nitrogen functional groups attached to an aromatic ring is 2. The highest BCUT2D eigenvalue weighted by molar-refractivity contribution is 7.91. The quantitative estimate of drug-likeness (QED) is 0.104. The van der Waals surface area contributed by atoms with E-state index in [9.17, 15) is 8.42 Å². The van der Waals surface area contributed by atoms with Crippen LogP contribution < -0.4 is 17.2 Å². The molecule has 284 valence electrons. The van der Waals surface area contributed by atoms with Gasteiger partial charge in [-0.3, -0.25) is 0 Å². The number of nitrogens with zero attached hydrogens (tertiary/aromatic N) is 6. The summed E-state index contributed by atoms with van der Waals surface area (Å²) in [5.41, 5.74) is 23.2. The smallest absolute Gasteiger partial charge is 0.178 e. The highest BCUT2D eigenvalue weighted by Crippen LogP contribution is 2.31. The van der Waals surface area contributed by atoms with E-state index in [4.69, 9.17) is 50.1 Å². The fourth-order valence-electron chi connectivity index (χ4n) is 6.59. The summed E-state index contributed by atoms with van der Waals surface area (Å²) in [5.74, 6) is 2.59. The monoisotopic (exact) mass is 789 g/mol. The van der Waals surface area contributed by atoms with Gasteiger partial charge >= 0.3 is 0 Å². The molecule has 0 amide bonds. The number of para-hydroxylation sites is 2. The van der Waals surface area contributed by atoms with E-state index in [1.807, 2.05) is 76.2 Å². The molecule has 4 heterocycles. The maximum atomic E-state index is 12.7. The predicted octanol–water partition coefficient (Wildman–Crippen LogP) is 7.73.